The molecule has 208 valence electrons. The molecule has 0 fully saturated rings. The SMILES string of the molecule is CCOc1ccc2nc(NC(=O)C(Sc3cccc(NC(=S)Nc4ccccc4OC)c3)c3ccccc3)sc2c1. The Morgan fingerprint density at radius 1 is 0.951 bits per heavy atom. The summed E-state index contributed by atoms with van der Waals surface area (Å²) in [6.45, 7) is 2.54. The Morgan fingerprint density at radius 2 is 1.76 bits per heavy atom. The lowest BCUT2D eigenvalue weighted by molar-refractivity contribution is -0.115. The number of thioether (sulfide) groups is 1. The fourth-order valence-electron chi connectivity index (χ4n) is 4.10. The van der Waals surface area contributed by atoms with Crippen LogP contribution in [0.1, 0.15) is 17.7 Å². The summed E-state index contributed by atoms with van der Waals surface area (Å²) in [6, 6.07) is 30.8. The van der Waals surface area contributed by atoms with Crippen LogP contribution in [0.5, 0.6) is 11.5 Å². The van der Waals surface area contributed by atoms with Crippen LogP contribution >= 0.6 is 35.3 Å². The first-order chi connectivity index (χ1) is 20.0. The van der Waals surface area contributed by atoms with Crippen molar-refractivity contribution in [2.75, 3.05) is 29.7 Å². The quantitative estimate of drug-likeness (QED) is 0.110. The molecule has 0 bridgehead atoms. The molecule has 5 aromatic rings. The number of rotatable bonds is 10. The van der Waals surface area contributed by atoms with Gasteiger partial charge in [0.15, 0.2) is 10.2 Å². The van der Waals surface area contributed by atoms with Crippen molar-refractivity contribution in [1.82, 2.24) is 4.98 Å². The van der Waals surface area contributed by atoms with Gasteiger partial charge in [-0.3, -0.25) is 4.79 Å². The number of fused-ring (bicyclic) bond motifs is 1. The maximum atomic E-state index is 13.6. The molecule has 1 atom stereocenters. The minimum Gasteiger partial charge on any atom is -0.495 e. The van der Waals surface area contributed by atoms with Gasteiger partial charge < -0.3 is 25.4 Å². The number of benzene rings is 4. The maximum Gasteiger partial charge on any atom is 0.244 e. The fourth-order valence-corrected chi connectivity index (χ4v) is 6.31. The van der Waals surface area contributed by atoms with Crippen LogP contribution in [0.25, 0.3) is 10.2 Å². The molecule has 0 saturated carbocycles. The topological polar surface area (TPSA) is 84.5 Å². The Hall–Kier alpha value is -4.12. The van der Waals surface area contributed by atoms with Crippen molar-refractivity contribution >= 4 is 73.1 Å². The molecule has 41 heavy (non-hydrogen) atoms. The lowest BCUT2D eigenvalue weighted by Gasteiger charge is -2.17. The van der Waals surface area contributed by atoms with E-state index >= 15 is 0 Å². The van der Waals surface area contributed by atoms with E-state index in [0.717, 1.165) is 37.8 Å². The third-order valence-electron chi connectivity index (χ3n) is 5.94. The van der Waals surface area contributed by atoms with E-state index in [-0.39, 0.29) is 5.91 Å². The first kappa shape index (κ1) is 28.4. The third kappa shape index (κ3) is 7.35. The molecule has 5 rings (SSSR count). The van der Waals surface area contributed by atoms with E-state index < -0.39 is 5.25 Å². The van der Waals surface area contributed by atoms with Crippen molar-refractivity contribution in [3.63, 3.8) is 0 Å². The number of nitrogens with one attached hydrogen (secondary N) is 3. The van der Waals surface area contributed by atoms with Crippen molar-refractivity contribution < 1.29 is 14.3 Å². The number of carbonyl (C=O) groups is 1. The van der Waals surface area contributed by atoms with Crippen LogP contribution in [0.2, 0.25) is 0 Å². The number of amides is 1. The number of thiazole rings is 1. The van der Waals surface area contributed by atoms with Crippen molar-refractivity contribution in [3.05, 3.63) is 103 Å². The molecule has 0 radical (unpaired) electrons. The average Bonchev–Trinajstić information content (AvgIpc) is 3.38. The van der Waals surface area contributed by atoms with Gasteiger partial charge >= 0.3 is 0 Å². The lowest BCUT2D eigenvalue weighted by Crippen LogP contribution is -2.20. The molecule has 1 aromatic heterocycles. The summed E-state index contributed by atoms with van der Waals surface area (Å²) in [6.07, 6.45) is 0. The highest BCUT2D eigenvalue weighted by Crippen LogP contribution is 2.38. The Kier molecular flexibility index (Phi) is 9.35. The monoisotopic (exact) mass is 600 g/mol. The van der Waals surface area contributed by atoms with E-state index in [1.165, 1.54) is 23.1 Å². The number of nitrogens with zero attached hydrogens (tertiary/aromatic N) is 1. The van der Waals surface area contributed by atoms with Gasteiger partial charge in [-0.25, -0.2) is 4.98 Å². The minimum atomic E-state index is -0.504. The Labute approximate surface area is 252 Å². The Morgan fingerprint density at radius 3 is 2.56 bits per heavy atom. The number of hydrogen-bond donors (Lipinski definition) is 3. The summed E-state index contributed by atoms with van der Waals surface area (Å²) in [5.41, 5.74) is 3.27. The van der Waals surface area contributed by atoms with E-state index in [1.54, 1.807) is 7.11 Å². The molecule has 7 nitrogen and oxygen atoms in total. The molecule has 0 aliphatic rings. The predicted octanol–water partition coefficient (Wildman–Crippen LogP) is 7.98. The number of methoxy groups -OCH3 is 1. The predicted molar refractivity (Wildman–Crippen MR) is 174 cm³/mol. The van der Waals surface area contributed by atoms with E-state index in [1.807, 2.05) is 104 Å². The molecule has 0 aliphatic carbocycles. The highest BCUT2D eigenvalue weighted by molar-refractivity contribution is 8.00. The van der Waals surface area contributed by atoms with Gasteiger partial charge in [0.05, 0.1) is 29.6 Å². The van der Waals surface area contributed by atoms with Gasteiger partial charge in [-0.15, -0.1) is 11.8 Å². The van der Waals surface area contributed by atoms with Crippen LogP contribution in [0, 0.1) is 0 Å². The van der Waals surface area contributed by atoms with Gasteiger partial charge in [0, 0.05) is 10.6 Å². The molecule has 1 amide bonds. The van der Waals surface area contributed by atoms with Crippen molar-refractivity contribution in [2.24, 2.45) is 0 Å². The Balaban J connectivity index is 1.32. The van der Waals surface area contributed by atoms with Crippen molar-refractivity contribution in [2.45, 2.75) is 17.1 Å². The number of carbonyl (C=O) groups excluding carboxylic acids is 1. The molecule has 1 unspecified atom stereocenters. The van der Waals surface area contributed by atoms with Gasteiger partial charge in [0.25, 0.3) is 0 Å². The highest BCUT2D eigenvalue weighted by atomic mass is 32.2. The fraction of sp³-hybridized carbons (Fsp3) is 0.129. The first-order valence-corrected chi connectivity index (χ1v) is 15.0. The van der Waals surface area contributed by atoms with Gasteiger partial charge in [0.2, 0.25) is 5.91 Å². The molecular weight excluding hydrogens is 573 g/mol. The normalized spacial score (nSPS) is 11.5. The second kappa shape index (κ2) is 13.5. The van der Waals surface area contributed by atoms with E-state index in [2.05, 4.69) is 20.9 Å². The van der Waals surface area contributed by atoms with Crippen LogP contribution < -0.4 is 25.4 Å². The molecule has 0 spiro atoms. The van der Waals surface area contributed by atoms with Crippen molar-refractivity contribution in [1.29, 1.82) is 0 Å². The number of para-hydroxylation sites is 2. The molecular formula is C31H28N4O3S3. The molecule has 3 N–H and O–H groups in total. The second-order valence-electron chi connectivity index (χ2n) is 8.79. The van der Waals surface area contributed by atoms with E-state index in [4.69, 9.17) is 21.7 Å². The van der Waals surface area contributed by atoms with Gasteiger partial charge in [-0.2, -0.15) is 0 Å². The van der Waals surface area contributed by atoms with Crippen LogP contribution in [0.4, 0.5) is 16.5 Å². The highest BCUT2D eigenvalue weighted by Gasteiger charge is 2.23. The van der Waals surface area contributed by atoms with E-state index in [0.29, 0.717) is 22.6 Å². The Bertz CT molecular complexity index is 1660. The zero-order chi connectivity index (χ0) is 28.6. The van der Waals surface area contributed by atoms with E-state index in [9.17, 15) is 4.79 Å². The minimum absolute atomic E-state index is 0.156. The largest absolute Gasteiger partial charge is 0.495 e. The maximum absolute atomic E-state index is 13.6. The molecule has 0 aliphatic heterocycles. The number of thiocarbonyl (C=S) groups is 1. The third-order valence-corrected chi connectivity index (χ3v) is 8.33. The summed E-state index contributed by atoms with van der Waals surface area (Å²) < 4.78 is 12.0. The molecule has 4 aromatic carbocycles. The van der Waals surface area contributed by atoms with Crippen LogP contribution in [0.15, 0.2) is 102 Å². The first-order valence-electron chi connectivity index (χ1n) is 12.9. The zero-order valence-electron chi connectivity index (χ0n) is 22.4. The summed E-state index contributed by atoms with van der Waals surface area (Å²) in [4.78, 5) is 19.2. The summed E-state index contributed by atoms with van der Waals surface area (Å²) in [7, 11) is 1.62. The van der Waals surface area contributed by atoms with Crippen LogP contribution in [0.3, 0.4) is 0 Å². The number of aromatic nitrogens is 1. The lowest BCUT2D eigenvalue weighted by atomic mass is 10.1. The average molecular weight is 601 g/mol. The van der Waals surface area contributed by atoms with Gasteiger partial charge in [0.1, 0.15) is 16.7 Å². The van der Waals surface area contributed by atoms with Crippen molar-refractivity contribution in [3.8, 4) is 11.5 Å². The number of hydrogen-bond acceptors (Lipinski definition) is 7. The van der Waals surface area contributed by atoms with Crippen LogP contribution in [-0.4, -0.2) is 29.7 Å². The summed E-state index contributed by atoms with van der Waals surface area (Å²) in [5, 5.41) is 9.90. The van der Waals surface area contributed by atoms with Crippen LogP contribution in [-0.2, 0) is 4.79 Å². The summed E-state index contributed by atoms with van der Waals surface area (Å²) >= 11 is 8.42. The van der Waals surface area contributed by atoms with Gasteiger partial charge in [-0.05, 0) is 73.2 Å². The number of anilines is 3. The summed E-state index contributed by atoms with van der Waals surface area (Å²) in [5.74, 6) is 1.32. The standard InChI is InChI=1S/C31H28N4O3S3/c1-3-38-22-16-17-25-27(19-22)41-31(34-25)35-29(36)28(20-10-5-4-6-11-20)40-23-13-9-12-21(18-23)32-30(39)33-24-14-7-8-15-26(24)37-2/h4-19,28H,3H2,1-2H3,(H2,32,33,39)(H,34,35,36). The molecule has 10 heteroatoms. The van der Waals surface area contributed by atoms with Gasteiger partial charge in [-0.1, -0.05) is 59.9 Å². The molecule has 1 heterocycles. The second-order valence-corrected chi connectivity index (χ2v) is 11.4. The zero-order valence-corrected chi connectivity index (χ0v) is 24.9. The smallest absolute Gasteiger partial charge is 0.244 e. The number of ether oxygens (including phenoxy) is 2. The molecule has 0 saturated heterocycles.